The van der Waals surface area contributed by atoms with Gasteiger partial charge in [0.05, 0.1) is 18.7 Å². The number of hydrogen-bond donors (Lipinski definition) is 0. The minimum atomic E-state index is 0.403. The number of rotatable bonds is 3. The molecule has 0 N–H and O–H groups in total. The van der Waals surface area contributed by atoms with Crippen LogP contribution in [0.15, 0.2) is 18.2 Å². The highest BCUT2D eigenvalue weighted by molar-refractivity contribution is 5.42. The summed E-state index contributed by atoms with van der Waals surface area (Å²) in [4.78, 5) is 2.43. The van der Waals surface area contributed by atoms with Crippen LogP contribution < -0.4 is 4.74 Å². The normalized spacial score (nSPS) is 18.6. The lowest BCUT2D eigenvalue weighted by molar-refractivity contribution is 0.279. The van der Waals surface area contributed by atoms with Crippen LogP contribution in [-0.4, -0.2) is 25.1 Å². The smallest absolute Gasteiger partial charge is 0.123 e. The lowest BCUT2D eigenvalue weighted by Gasteiger charge is -2.20. The predicted molar refractivity (Wildman–Crippen MR) is 71.4 cm³/mol. The number of likely N-dealkylation sites (tertiary alicyclic amines) is 1. The van der Waals surface area contributed by atoms with E-state index in [-0.39, 0.29) is 0 Å². The highest BCUT2D eigenvalue weighted by Crippen LogP contribution is 2.31. The molecule has 96 valence electrons. The molecule has 0 radical (unpaired) electrons. The molecule has 0 spiro atoms. The summed E-state index contributed by atoms with van der Waals surface area (Å²) >= 11 is 0. The Morgan fingerprint density at radius 1 is 1.44 bits per heavy atom. The molecule has 1 saturated heterocycles. The second kappa shape index (κ2) is 4.99. The molecule has 0 aromatic heterocycles. The van der Waals surface area contributed by atoms with Gasteiger partial charge in [-0.1, -0.05) is 13.8 Å². The van der Waals surface area contributed by atoms with Crippen LogP contribution in [0.2, 0.25) is 0 Å². The number of ether oxygens (including phenoxy) is 1. The van der Waals surface area contributed by atoms with E-state index in [0.717, 1.165) is 30.9 Å². The van der Waals surface area contributed by atoms with E-state index in [2.05, 4.69) is 24.8 Å². The van der Waals surface area contributed by atoms with Crippen molar-refractivity contribution in [2.45, 2.75) is 26.8 Å². The fourth-order valence-corrected chi connectivity index (χ4v) is 2.57. The molecule has 1 aliphatic rings. The van der Waals surface area contributed by atoms with E-state index in [0.29, 0.717) is 11.0 Å². The van der Waals surface area contributed by atoms with Crippen LogP contribution in [0.25, 0.3) is 0 Å². The molecule has 18 heavy (non-hydrogen) atoms. The van der Waals surface area contributed by atoms with Crippen molar-refractivity contribution in [3.8, 4) is 11.8 Å². The average molecular weight is 244 g/mol. The van der Waals surface area contributed by atoms with Crippen molar-refractivity contribution in [1.29, 1.82) is 5.26 Å². The Kier molecular flexibility index (Phi) is 3.58. The number of methoxy groups -OCH3 is 1. The molecule has 1 aromatic carbocycles. The van der Waals surface area contributed by atoms with Crippen LogP contribution in [0.5, 0.6) is 5.75 Å². The van der Waals surface area contributed by atoms with Crippen LogP contribution in [0.1, 0.15) is 31.4 Å². The molecule has 0 saturated carbocycles. The molecule has 1 aromatic rings. The fraction of sp³-hybridized carbons (Fsp3) is 0.533. The number of benzene rings is 1. The maximum atomic E-state index is 8.97. The summed E-state index contributed by atoms with van der Waals surface area (Å²) < 4.78 is 5.37. The molecule has 1 aliphatic heterocycles. The van der Waals surface area contributed by atoms with Crippen LogP contribution >= 0.6 is 0 Å². The van der Waals surface area contributed by atoms with Gasteiger partial charge in [-0.05, 0) is 36.6 Å². The predicted octanol–water partition coefficient (Wildman–Crippen LogP) is 2.80. The first-order valence-corrected chi connectivity index (χ1v) is 6.33. The van der Waals surface area contributed by atoms with E-state index in [1.54, 1.807) is 13.2 Å². The van der Waals surface area contributed by atoms with E-state index in [1.165, 1.54) is 6.42 Å². The van der Waals surface area contributed by atoms with E-state index in [4.69, 9.17) is 10.00 Å². The third-order valence-corrected chi connectivity index (χ3v) is 3.56. The van der Waals surface area contributed by atoms with Crippen molar-refractivity contribution in [2.24, 2.45) is 5.41 Å². The van der Waals surface area contributed by atoms with Gasteiger partial charge in [0.2, 0.25) is 0 Å². The largest absolute Gasteiger partial charge is 0.496 e. The Morgan fingerprint density at radius 2 is 2.22 bits per heavy atom. The molecular formula is C15H20N2O. The molecule has 0 unspecified atom stereocenters. The third kappa shape index (κ3) is 2.83. The summed E-state index contributed by atoms with van der Waals surface area (Å²) in [6.07, 6.45) is 1.23. The van der Waals surface area contributed by atoms with Gasteiger partial charge in [-0.2, -0.15) is 5.26 Å². The zero-order valence-corrected chi connectivity index (χ0v) is 11.4. The molecule has 1 fully saturated rings. The first-order chi connectivity index (χ1) is 8.54. The first-order valence-electron chi connectivity index (χ1n) is 6.33. The van der Waals surface area contributed by atoms with Crippen LogP contribution in [0.4, 0.5) is 0 Å². The summed E-state index contributed by atoms with van der Waals surface area (Å²) in [6, 6.07) is 7.81. The van der Waals surface area contributed by atoms with Crippen molar-refractivity contribution in [2.75, 3.05) is 20.2 Å². The van der Waals surface area contributed by atoms with Crippen molar-refractivity contribution < 1.29 is 4.74 Å². The van der Waals surface area contributed by atoms with Gasteiger partial charge < -0.3 is 4.74 Å². The van der Waals surface area contributed by atoms with Gasteiger partial charge in [0.25, 0.3) is 0 Å². The Balaban J connectivity index is 2.16. The zero-order valence-electron chi connectivity index (χ0n) is 11.4. The zero-order chi connectivity index (χ0) is 13.2. The van der Waals surface area contributed by atoms with Gasteiger partial charge in [0, 0.05) is 18.7 Å². The maximum absolute atomic E-state index is 8.97. The van der Waals surface area contributed by atoms with Crippen molar-refractivity contribution in [3.05, 3.63) is 29.3 Å². The van der Waals surface area contributed by atoms with Crippen LogP contribution in [0, 0.1) is 16.7 Å². The Hall–Kier alpha value is -1.53. The minimum Gasteiger partial charge on any atom is -0.496 e. The standard InChI is InChI=1S/C15H20N2O/c1-15(2)6-7-17(11-15)10-13-8-12(9-16)4-5-14(13)18-3/h4-5,8H,6-7,10-11H2,1-3H3. The summed E-state index contributed by atoms with van der Waals surface area (Å²) in [6.45, 7) is 7.69. The van der Waals surface area contributed by atoms with E-state index in [9.17, 15) is 0 Å². The van der Waals surface area contributed by atoms with Crippen LogP contribution in [0.3, 0.4) is 0 Å². The number of nitrogens with zero attached hydrogens (tertiary/aromatic N) is 2. The van der Waals surface area contributed by atoms with Crippen molar-refractivity contribution in [3.63, 3.8) is 0 Å². The topological polar surface area (TPSA) is 36.3 Å². The van der Waals surface area contributed by atoms with Gasteiger partial charge in [0.15, 0.2) is 0 Å². The van der Waals surface area contributed by atoms with E-state index < -0.39 is 0 Å². The Morgan fingerprint density at radius 3 is 2.78 bits per heavy atom. The average Bonchev–Trinajstić information content (AvgIpc) is 2.68. The molecule has 0 bridgehead atoms. The molecule has 2 rings (SSSR count). The lowest BCUT2D eigenvalue weighted by atomic mass is 9.93. The monoisotopic (exact) mass is 244 g/mol. The van der Waals surface area contributed by atoms with Crippen LogP contribution in [-0.2, 0) is 6.54 Å². The Labute approximate surface area is 109 Å². The first kappa shape index (κ1) is 12.9. The van der Waals surface area contributed by atoms with Gasteiger partial charge in [-0.25, -0.2) is 0 Å². The highest BCUT2D eigenvalue weighted by atomic mass is 16.5. The molecule has 0 amide bonds. The second-order valence-corrected chi connectivity index (χ2v) is 5.76. The van der Waals surface area contributed by atoms with Crippen molar-refractivity contribution >= 4 is 0 Å². The Bertz CT molecular complexity index is 474. The summed E-state index contributed by atoms with van der Waals surface area (Å²) in [5.41, 5.74) is 2.21. The quantitative estimate of drug-likeness (QED) is 0.820. The molecule has 1 heterocycles. The van der Waals surface area contributed by atoms with Gasteiger partial charge in [-0.3, -0.25) is 4.90 Å². The number of nitriles is 1. The fourth-order valence-electron chi connectivity index (χ4n) is 2.57. The summed E-state index contributed by atoms with van der Waals surface area (Å²) in [7, 11) is 1.68. The molecule has 3 heteroatoms. The highest BCUT2D eigenvalue weighted by Gasteiger charge is 2.29. The SMILES string of the molecule is COc1ccc(C#N)cc1CN1CCC(C)(C)C1. The summed E-state index contributed by atoms with van der Waals surface area (Å²) in [5.74, 6) is 0.874. The molecular weight excluding hydrogens is 224 g/mol. The van der Waals surface area contributed by atoms with Crippen molar-refractivity contribution in [1.82, 2.24) is 4.90 Å². The molecule has 3 nitrogen and oxygen atoms in total. The number of hydrogen-bond acceptors (Lipinski definition) is 3. The third-order valence-electron chi connectivity index (χ3n) is 3.56. The second-order valence-electron chi connectivity index (χ2n) is 5.76. The molecule has 0 aliphatic carbocycles. The van der Waals surface area contributed by atoms with Gasteiger partial charge in [-0.15, -0.1) is 0 Å². The van der Waals surface area contributed by atoms with Gasteiger partial charge in [0.1, 0.15) is 5.75 Å². The maximum Gasteiger partial charge on any atom is 0.123 e. The lowest BCUT2D eigenvalue weighted by Crippen LogP contribution is -2.23. The molecule has 0 atom stereocenters. The summed E-state index contributed by atoms with van der Waals surface area (Å²) in [5, 5.41) is 8.97. The minimum absolute atomic E-state index is 0.403. The van der Waals surface area contributed by atoms with E-state index >= 15 is 0 Å². The van der Waals surface area contributed by atoms with E-state index in [1.807, 2.05) is 12.1 Å². The van der Waals surface area contributed by atoms with Gasteiger partial charge >= 0.3 is 0 Å².